The Balaban J connectivity index is 1.35. The normalized spacial score (nSPS) is 16.5. The monoisotopic (exact) mass is 398 g/mol. The van der Waals surface area contributed by atoms with Crippen molar-refractivity contribution in [3.63, 3.8) is 0 Å². The zero-order valence-corrected chi connectivity index (χ0v) is 16.9. The van der Waals surface area contributed by atoms with Gasteiger partial charge in [0.1, 0.15) is 11.6 Å². The molecule has 4 rings (SSSR count). The highest BCUT2D eigenvalue weighted by Gasteiger charge is 2.23. The number of nitrogens with one attached hydrogen (secondary N) is 1. The van der Waals surface area contributed by atoms with E-state index in [1.165, 1.54) is 0 Å². The van der Waals surface area contributed by atoms with Gasteiger partial charge in [-0.05, 0) is 61.1 Å². The van der Waals surface area contributed by atoms with E-state index in [9.17, 15) is 4.79 Å². The first-order chi connectivity index (χ1) is 14.8. The average molecular weight is 399 g/mol. The lowest BCUT2D eigenvalue weighted by atomic mass is 9.93. The van der Waals surface area contributed by atoms with E-state index in [0.29, 0.717) is 5.92 Å². The number of aromatic nitrogens is 2. The van der Waals surface area contributed by atoms with Gasteiger partial charge in [0, 0.05) is 31.1 Å². The smallest absolute Gasteiger partial charge is 0.246 e. The lowest BCUT2D eigenvalue weighted by molar-refractivity contribution is -0.127. The quantitative estimate of drug-likeness (QED) is 0.611. The number of likely N-dealkylation sites (tertiary alicyclic amines) is 1. The summed E-state index contributed by atoms with van der Waals surface area (Å²) >= 11 is 0. The van der Waals surface area contributed by atoms with Gasteiger partial charge in [0.2, 0.25) is 5.91 Å². The van der Waals surface area contributed by atoms with Crippen molar-refractivity contribution >= 4 is 23.6 Å². The van der Waals surface area contributed by atoms with Crippen molar-refractivity contribution in [2.24, 2.45) is 5.92 Å². The van der Waals surface area contributed by atoms with Crippen LogP contribution >= 0.6 is 0 Å². The van der Waals surface area contributed by atoms with Crippen LogP contribution in [-0.2, 0) is 11.2 Å². The number of anilines is 2. The van der Waals surface area contributed by atoms with Crippen molar-refractivity contribution in [1.82, 2.24) is 14.9 Å². The first kappa shape index (κ1) is 19.8. The molecule has 1 aliphatic heterocycles. The fraction of sp³-hybridized carbons (Fsp3) is 0.240. The van der Waals surface area contributed by atoms with Gasteiger partial charge in [-0.1, -0.05) is 42.5 Å². The number of hydrogen-bond donors (Lipinski definition) is 1. The number of pyridine rings is 2. The van der Waals surface area contributed by atoms with E-state index in [4.69, 9.17) is 4.98 Å². The number of carbonyl (C=O) groups is 1. The molecule has 0 saturated carbocycles. The number of nitrogens with zero attached hydrogens (tertiary/aromatic N) is 3. The number of hydrogen-bond acceptors (Lipinski definition) is 4. The number of piperidine rings is 1. The highest BCUT2D eigenvalue weighted by molar-refractivity contribution is 5.91. The molecule has 3 heterocycles. The van der Waals surface area contributed by atoms with Crippen LogP contribution < -0.4 is 5.32 Å². The van der Waals surface area contributed by atoms with Gasteiger partial charge in [-0.25, -0.2) is 9.97 Å². The van der Waals surface area contributed by atoms with Gasteiger partial charge < -0.3 is 10.2 Å². The summed E-state index contributed by atoms with van der Waals surface area (Å²) in [6.07, 6.45) is 8.34. The van der Waals surface area contributed by atoms with E-state index >= 15 is 0 Å². The van der Waals surface area contributed by atoms with Crippen molar-refractivity contribution in [1.29, 1.82) is 0 Å². The van der Waals surface area contributed by atoms with E-state index in [2.05, 4.69) is 16.4 Å². The maximum Gasteiger partial charge on any atom is 0.246 e. The number of amides is 1. The van der Waals surface area contributed by atoms with Gasteiger partial charge in [0.05, 0.1) is 0 Å². The molecular weight excluding hydrogens is 372 g/mol. The minimum absolute atomic E-state index is 0.0853. The third kappa shape index (κ3) is 5.54. The zero-order chi connectivity index (χ0) is 20.6. The Morgan fingerprint density at radius 3 is 2.70 bits per heavy atom. The second-order valence-electron chi connectivity index (χ2n) is 7.59. The Labute approximate surface area is 177 Å². The van der Waals surface area contributed by atoms with Crippen LogP contribution in [0.1, 0.15) is 24.1 Å². The van der Waals surface area contributed by atoms with E-state index in [-0.39, 0.29) is 5.91 Å². The fourth-order valence-electron chi connectivity index (χ4n) is 3.80. The van der Waals surface area contributed by atoms with Crippen molar-refractivity contribution in [3.8, 4) is 0 Å². The molecule has 30 heavy (non-hydrogen) atoms. The molecule has 2 aromatic heterocycles. The molecule has 3 aromatic rings. The minimum atomic E-state index is 0.0853. The lowest BCUT2D eigenvalue weighted by Gasteiger charge is -2.32. The second kappa shape index (κ2) is 9.83. The summed E-state index contributed by atoms with van der Waals surface area (Å²) in [5.74, 6) is 2.08. The SMILES string of the molecule is O=C(/C=C/c1ccccc1)N1CCC[C@@H](Cc2cccc(Nc3ccccn3)n2)C1. The van der Waals surface area contributed by atoms with Gasteiger partial charge in [0.25, 0.3) is 0 Å². The highest BCUT2D eigenvalue weighted by atomic mass is 16.2. The Hall–Kier alpha value is -3.47. The Kier molecular flexibility index (Phi) is 6.50. The molecule has 0 unspecified atom stereocenters. The Morgan fingerprint density at radius 1 is 1.03 bits per heavy atom. The van der Waals surface area contributed by atoms with Crippen molar-refractivity contribution < 1.29 is 4.79 Å². The third-order valence-corrected chi connectivity index (χ3v) is 5.27. The molecule has 1 saturated heterocycles. The summed E-state index contributed by atoms with van der Waals surface area (Å²) in [6.45, 7) is 1.60. The maximum atomic E-state index is 12.6. The predicted molar refractivity (Wildman–Crippen MR) is 120 cm³/mol. The molecule has 1 amide bonds. The fourth-order valence-corrected chi connectivity index (χ4v) is 3.80. The molecule has 1 N–H and O–H groups in total. The zero-order valence-electron chi connectivity index (χ0n) is 16.9. The van der Waals surface area contributed by atoms with Gasteiger partial charge in [-0.15, -0.1) is 0 Å². The highest BCUT2D eigenvalue weighted by Crippen LogP contribution is 2.22. The van der Waals surface area contributed by atoms with Crippen molar-refractivity contribution in [2.45, 2.75) is 19.3 Å². The van der Waals surface area contributed by atoms with Crippen LogP contribution in [0.15, 0.2) is 79.0 Å². The molecular formula is C25H26N4O. The van der Waals surface area contributed by atoms with Crippen LogP contribution in [0, 0.1) is 5.92 Å². The second-order valence-corrected chi connectivity index (χ2v) is 7.59. The van der Waals surface area contributed by atoms with Crippen LogP contribution in [0.3, 0.4) is 0 Å². The summed E-state index contributed by atoms with van der Waals surface area (Å²) < 4.78 is 0. The lowest BCUT2D eigenvalue weighted by Crippen LogP contribution is -2.39. The van der Waals surface area contributed by atoms with E-state index in [1.54, 1.807) is 12.3 Å². The number of rotatable bonds is 6. The van der Waals surface area contributed by atoms with Crippen LogP contribution in [0.2, 0.25) is 0 Å². The van der Waals surface area contributed by atoms with E-state index in [0.717, 1.165) is 55.2 Å². The summed E-state index contributed by atoms with van der Waals surface area (Å²) in [7, 11) is 0. The van der Waals surface area contributed by atoms with Crippen LogP contribution in [-0.4, -0.2) is 33.9 Å². The molecule has 0 radical (unpaired) electrons. The van der Waals surface area contributed by atoms with E-state index < -0.39 is 0 Å². The molecule has 0 bridgehead atoms. The van der Waals surface area contributed by atoms with Gasteiger partial charge in [-0.2, -0.15) is 0 Å². The summed E-state index contributed by atoms with van der Waals surface area (Å²) in [5, 5.41) is 3.24. The third-order valence-electron chi connectivity index (χ3n) is 5.27. The number of benzene rings is 1. The predicted octanol–water partition coefficient (Wildman–Crippen LogP) is 4.71. The van der Waals surface area contributed by atoms with Crippen LogP contribution in [0.4, 0.5) is 11.6 Å². The van der Waals surface area contributed by atoms with Gasteiger partial charge in [-0.3, -0.25) is 4.79 Å². The van der Waals surface area contributed by atoms with Crippen molar-refractivity contribution in [2.75, 3.05) is 18.4 Å². The molecule has 5 nitrogen and oxygen atoms in total. The Bertz CT molecular complexity index is 988. The molecule has 152 valence electrons. The molecule has 1 fully saturated rings. The first-order valence-electron chi connectivity index (χ1n) is 10.4. The topological polar surface area (TPSA) is 58.1 Å². The van der Waals surface area contributed by atoms with Crippen molar-refractivity contribution in [3.05, 3.63) is 90.3 Å². The largest absolute Gasteiger partial charge is 0.339 e. The average Bonchev–Trinajstić information content (AvgIpc) is 2.79. The molecule has 1 atom stereocenters. The first-order valence-corrected chi connectivity index (χ1v) is 10.4. The number of carbonyl (C=O) groups excluding carboxylic acids is 1. The van der Waals surface area contributed by atoms with Gasteiger partial charge in [0.15, 0.2) is 0 Å². The molecule has 1 aromatic carbocycles. The van der Waals surface area contributed by atoms with Crippen LogP contribution in [0.25, 0.3) is 6.08 Å². The summed E-state index contributed by atoms with van der Waals surface area (Å²) in [6, 6.07) is 21.7. The molecule has 0 spiro atoms. The maximum absolute atomic E-state index is 12.6. The van der Waals surface area contributed by atoms with E-state index in [1.807, 2.05) is 71.6 Å². The van der Waals surface area contributed by atoms with Crippen LogP contribution in [0.5, 0.6) is 0 Å². The minimum Gasteiger partial charge on any atom is -0.339 e. The summed E-state index contributed by atoms with van der Waals surface area (Å²) in [4.78, 5) is 23.6. The Morgan fingerprint density at radius 2 is 1.87 bits per heavy atom. The molecule has 1 aliphatic rings. The standard InChI is InChI=1S/C25H26N4O/c30-25(15-14-20-8-2-1-3-9-20)29-17-7-10-21(19-29)18-22-11-6-13-24(27-22)28-23-12-4-5-16-26-23/h1-6,8-9,11-16,21H,7,10,17-19H2,(H,26,27,28)/b15-14+/t21-/m0/s1. The molecule has 5 heteroatoms. The van der Waals surface area contributed by atoms with Gasteiger partial charge >= 0.3 is 0 Å². The molecule has 0 aliphatic carbocycles. The summed E-state index contributed by atoms with van der Waals surface area (Å²) in [5.41, 5.74) is 2.08.